The predicted molar refractivity (Wildman–Crippen MR) is 115 cm³/mol. The van der Waals surface area contributed by atoms with Crippen LogP contribution < -0.4 is 0 Å². The number of piperidine rings is 1. The Morgan fingerprint density at radius 3 is 2.79 bits per heavy atom. The van der Waals surface area contributed by atoms with Crippen LogP contribution in [-0.4, -0.2) is 37.6 Å². The molecule has 0 N–H and O–H groups in total. The molecule has 146 valence electrons. The normalized spacial score (nSPS) is 17.6. The molecule has 0 saturated carbocycles. The maximum atomic E-state index is 4.84. The molecule has 1 atom stereocenters. The molecule has 0 aliphatic carbocycles. The Morgan fingerprint density at radius 2 is 1.93 bits per heavy atom. The zero-order valence-electron chi connectivity index (χ0n) is 16.7. The Hall–Kier alpha value is -3.05. The highest BCUT2D eigenvalue weighted by molar-refractivity contribution is 5.63. The molecule has 0 spiro atoms. The molecule has 1 aromatic carbocycles. The van der Waals surface area contributed by atoms with E-state index in [0.717, 1.165) is 48.7 Å². The van der Waals surface area contributed by atoms with Gasteiger partial charge < -0.3 is 0 Å². The van der Waals surface area contributed by atoms with E-state index in [0.29, 0.717) is 5.92 Å². The van der Waals surface area contributed by atoms with Gasteiger partial charge in [-0.25, -0.2) is 9.50 Å². The largest absolute Gasteiger partial charge is 0.298 e. The molecule has 1 fully saturated rings. The molecule has 0 bridgehead atoms. The number of likely N-dealkylation sites (tertiary alicyclic amines) is 1. The van der Waals surface area contributed by atoms with E-state index >= 15 is 0 Å². The Kier molecular flexibility index (Phi) is 4.82. The number of benzene rings is 1. The lowest BCUT2D eigenvalue weighted by Gasteiger charge is -2.31. The number of hydrogen-bond donors (Lipinski definition) is 0. The van der Waals surface area contributed by atoms with Crippen LogP contribution in [0, 0.1) is 6.92 Å². The van der Waals surface area contributed by atoms with Crippen molar-refractivity contribution >= 4 is 5.65 Å². The van der Waals surface area contributed by atoms with Crippen molar-refractivity contribution in [2.75, 3.05) is 13.1 Å². The second-order valence-corrected chi connectivity index (χ2v) is 7.99. The lowest BCUT2D eigenvalue weighted by atomic mass is 9.97. The number of hydrogen-bond acceptors (Lipinski definition) is 4. The van der Waals surface area contributed by atoms with E-state index in [-0.39, 0.29) is 0 Å². The summed E-state index contributed by atoms with van der Waals surface area (Å²) in [6, 6.07) is 17.0. The van der Waals surface area contributed by atoms with E-state index in [1.807, 2.05) is 29.0 Å². The van der Waals surface area contributed by atoms with Crippen molar-refractivity contribution in [3.8, 4) is 11.1 Å². The number of rotatable bonds is 4. The molecule has 0 amide bonds. The van der Waals surface area contributed by atoms with Gasteiger partial charge in [0, 0.05) is 43.2 Å². The van der Waals surface area contributed by atoms with Gasteiger partial charge in [0.1, 0.15) is 0 Å². The lowest BCUT2D eigenvalue weighted by Crippen LogP contribution is -2.34. The van der Waals surface area contributed by atoms with Crippen LogP contribution in [0.25, 0.3) is 16.8 Å². The van der Waals surface area contributed by atoms with Crippen LogP contribution in [0.3, 0.4) is 0 Å². The van der Waals surface area contributed by atoms with Crippen LogP contribution in [0.1, 0.15) is 35.7 Å². The fourth-order valence-electron chi connectivity index (χ4n) is 4.27. The van der Waals surface area contributed by atoms with Gasteiger partial charge in [-0.05, 0) is 61.7 Å². The van der Waals surface area contributed by atoms with E-state index in [2.05, 4.69) is 59.4 Å². The molecule has 0 radical (unpaired) electrons. The van der Waals surface area contributed by atoms with E-state index in [9.17, 15) is 0 Å². The monoisotopic (exact) mass is 383 g/mol. The second-order valence-electron chi connectivity index (χ2n) is 7.99. The van der Waals surface area contributed by atoms with Crippen LogP contribution in [0.4, 0.5) is 0 Å². The Bertz CT molecular complexity index is 1120. The molecule has 3 aromatic heterocycles. The van der Waals surface area contributed by atoms with Crippen molar-refractivity contribution in [3.05, 3.63) is 84.1 Å². The maximum absolute atomic E-state index is 4.84. The van der Waals surface area contributed by atoms with Crippen molar-refractivity contribution in [2.45, 2.75) is 32.2 Å². The van der Waals surface area contributed by atoms with Crippen LogP contribution in [-0.2, 0) is 6.54 Å². The number of aromatic nitrogens is 4. The minimum atomic E-state index is 0.387. The first-order valence-corrected chi connectivity index (χ1v) is 10.3. The van der Waals surface area contributed by atoms with Gasteiger partial charge >= 0.3 is 0 Å². The van der Waals surface area contributed by atoms with Gasteiger partial charge in [-0.1, -0.05) is 29.8 Å². The van der Waals surface area contributed by atoms with Crippen molar-refractivity contribution in [1.29, 1.82) is 0 Å². The molecule has 5 heteroatoms. The first-order valence-electron chi connectivity index (χ1n) is 10.3. The third kappa shape index (κ3) is 3.91. The summed E-state index contributed by atoms with van der Waals surface area (Å²) in [5, 5.41) is 4.84. The van der Waals surface area contributed by atoms with Crippen LogP contribution in [0.2, 0.25) is 0 Å². The molecule has 1 saturated heterocycles. The lowest BCUT2D eigenvalue weighted by molar-refractivity contribution is 0.196. The van der Waals surface area contributed by atoms with Gasteiger partial charge in [-0.2, -0.15) is 5.10 Å². The van der Waals surface area contributed by atoms with Gasteiger partial charge in [0.05, 0.1) is 0 Å². The maximum Gasteiger partial charge on any atom is 0.156 e. The second kappa shape index (κ2) is 7.76. The Morgan fingerprint density at radius 1 is 1.03 bits per heavy atom. The van der Waals surface area contributed by atoms with Gasteiger partial charge in [0.25, 0.3) is 0 Å². The highest BCUT2D eigenvalue weighted by Gasteiger charge is 2.24. The van der Waals surface area contributed by atoms with Crippen molar-refractivity contribution in [1.82, 2.24) is 24.5 Å². The minimum absolute atomic E-state index is 0.387. The van der Waals surface area contributed by atoms with Crippen LogP contribution in [0.5, 0.6) is 0 Å². The summed E-state index contributed by atoms with van der Waals surface area (Å²) in [6.45, 7) is 5.31. The van der Waals surface area contributed by atoms with Crippen molar-refractivity contribution in [2.24, 2.45) is 0 Å². The summed E-state index contributed by atoms with van der Waals surface area (Å²) in [5.74, 6) is 1.35. The average Bonchev–Trinajstić information content (AvgIpc) is 3.18. The van der Waals surface area contributed by atoms with Gasteiger partial charge in [0.2, 0.25) is 0 Å². The van der Waals surface area contributed by atoms with Crippen LogP contribution in [0.15, 0.2) is 67.1 Å². The number of nitrogens with zero attached hydrogens (tertiary/aromatic N) is 5. The van der Waals surface area contributed by atoms with E-state index < -0.39 is 0 Å². The zero-order chi connectivity index (χ0) is 19.6. The highest BCUT2D eigenvalue weighted by Crippen LogP contribution is 2.27. The first-order chi connectivity index (χ1) is 14.2. The zero-order valence-corrected chi connectivity index (χ0v) is 16.7. The van der Waals surface area contributed by atoms with E-state index in [4.69, 9.17) is 10.1 Å². The Labute approximate surface area is 171 Å². The first kappa shape index (κ1) is 18.0. The number of fused-ring (bicyclic) bond motifs is 1. The molecule has 1 aliphatic rings. The smallest absolute Gasteiger partial charge is 0.156 e. The third-order valence-electron chi connectivity index (χ3n) is 5.72. The van der Waals surface area contributed by atoms with Crippen LogP contribution >= 0.6 is 0 Å². The molecule has 29 heavy (non-hydrogen) atoms. The summed E-state index contributed by atoms with van der Waals surface area (Å²) in [4.78, 5) is 11.5. The standard InChI is InChI=1S/C24H25N5/c1-18-4-2-5-19(14-18)15-28-13-3-6-22(16-28)24-26-23-8-7-21(17-29(23)27-24)20-9-11-25-12-10-20/h2,4-5,7-12,14,17,22H,3,6,13,15-16H2,1H3. The fourth-order valence-corrected chi connectivity index (χ4v) is 4.27. The summed E-state index contributed by atoms with van der Waals surface area (Å²) >= 11 is 0. The average molecular weight is 383 g/mol. The minimum Gasteiger partial charge on any atom is -0.298 e. The van der Waals surface area contributed by atoms with E-state index in [1.54, 1.807) is 0 Å². The van der Waals surface area contributed by atoms with Gasteiger partial charge in [-0.3, -0.25) is 9.88 Å². The predicted octanol–water partition coefficient (Wildman–Crippen LogP) is 4.48. The molecular formula is C24H25N5. The summed E-state index contributed by atoms with van der Waals surface area (Å²) in [5.41, 5.74) is 5.88. The van der Waals surface area contributed by atoms with Crippen molar-refractivity contribution in [3.63, 3.8) is 0 Å². The van der Waals surface area contributed by atoms with E-state index in [1.165, 1.54) is 17.5 Å². The summed E-state index contributed by atoms with van der Waals surface area (Å²) < 4.78 is 1.92. The van der Waals surface area contributed by atoms with Crippen molar-refractivity contribution < 1.29 is 0 Å². The summed E-state index contributed by atoms with van der Waals surface area (Å²) in [7, 11) is 0. The van der Waals surface area contributed by atoms with Gasteiger partial charge in [-0.15, -0.1) is 0 Å². The number of pyridine rings is 2. The quantitative estimate of drug-likeness (QED) is 0.521. The molecule has 5 rings (SSSR count). The molecule has 1 unspecified atom stereocenters. The summed E-state index contributed by atoms with van der Waals surface area (Å²) in [6.07, 6.45) is 8.04. The molecule has 4 aromatic rings. The molecule has 4 heterocycles. The molecule has 1 aliphatic heterocycles. The SMILES string of the molecule is Cc1cccc(CN2CCCC(c3nc4ccc(-c5ccncc5)cn4n3)C2)c1. The molecular weight excluding hydrogens is 358 g/mol. The Balaban J connectivity index is 1.35. The molecule has 5 nitrogen and oxygen atoms in total. The number of aryl methyl sites for hydroxylation is 1. The highest BCUT2D eigenvalue weighted by atomic mass is 15.3. The third-order valence-corrected chi connectivity index (χ3v) is 5.72. The topological polar surface area (TPSA) is 46.3 Å². The van der Waals surface area contributed by atoms with Gasteiger partial charge in [0.15, 0.2) is 11.5 Å². The fraction of sp³-hybridized carbons (Fsp3) is 0.292.